The second kappa shape index (κ2) is 8.49. The molecule has 0 aliphatic rings. The van der Waals surface area contributed by atoms with E-state index in [0.29, 0.717) is 21.8 Å². The Hall–Kier alpha value is -3.45. The van der Waals surface area contributed by atoms with Crippen LogP contribution in [0.4, 0.5) is 0 Å². The summed E-state index contributed by atoms with van der Waals surface area (Å²) in [5.74, 6) is -1.85. The van der Waals surface area contributed by atoms with E-state index < -0.39 is 30.0 Å². The summed E-state index contributed by atoms with van der Waals surface area (Å²) in [6, 6.07) is 16.9. The third kappa shape index (κ3) is 4.44. The smallest absolute Gasteiger partial charge is 0.330 e. The van der Waals surface area contributed by atoms with E-state index in [-0.39, 0.29) is 0 Å². The van der Waals surface area contributed by atoms with Crippen LogP contribution in [0.3, 0.4) is 0 Å². The Morgan fingerprint density at radius 1 is 1.04 bits per heavy atom. The van der Waals surface area contributed by atoms with Gasteiger partial charge in [-0.25, -0.2) is 9.48 Å². The van der Waals surface area contributed by atoms with Crippen LogP contribution in [0.2, 0.25) is 5.02 Å². The topological polar surface area (TPSA) is 101 Å². The average molecular weight is 398 g/mol. The summed E-state index contributed by atoms with van der Waals surface area (Å²) < 4.78 is 0.970. The summed E-state index contributed by atoms with van der Waals surface area (Å²) in [5, 5.41) is 16.5. The number of carboxylic acids is 1. The van der Waals surface area contributed by atoms with Gasteiger partial charge in [-0.3, -0.25) is 9.59 Å². The van der Waals surface area contributed by atoms with Crippen molar-refractivity contribution in [2.45, 2.75) is 12.6 Å². The Bertz CT molecular complexity index is 1070. The predicted octanol–water partition coefficient (Wildman–Crippen LogP) is 2.51. The third-order valence-electron chi connectivity index (χ3n) is 3.99. The molecule has 8 heteroatoms. The molecule has 3 rings (SSSR count). The van der Waals surface area contributed by atoms with Gasteiger partial charge < -0.3 is 10.4 Å². The molecule has 1 amide bonds. The third-order valence-corrected chi connectivity index (χ3v) is 4.32. The molecule has 142 valence electrons. The number of carbonyl (C=O) groups is 2. The lowest BCUT2D eigenvalue weighted by Gasteiger charge is -2.15. The number of amides is 1. The van der Waals surface area contributed by atoms with E-state index in [1.54, 1.807) is 54.6 Å². The first kappa shape index (κ1) is 19.3. The van der Waals surface area contributed by atoms with Crippen molar-refractivity contribution in [1.82, 2.24) is 15.1 Å². The SMILES string of the molecule is O=C(Cn1nc(-c2ccccc2Cl)ccc1=O)NC(C(=O)O)c1ccccc1. The van der Waals surface area contributed by atoms with Crippen LogP contribution in [0.1, 0.15) is 11.6 Å². The number of aliphatic carboxylic acids is 1. The highest BCUT2D eigenvalue weighted by atomic mass is 35.5. The van der Waals surface area contributed by atoms with Crippen molar-refractivity contribution in [3.05, 3.63) is 87.7 Å². The molecule has 0 fully saturated rings. The maximum absolute atomic E-state index is 12.4. The van der Waals surface area contributed by atoms with Gasteiger partial charge >= 0.3 is 5.97 Å². The molecule has 0 aliphatic carbocycles. The molecular formula is C20H16ClN3O4. The standard InChI is InChI=1S/C20H16ClN3O4/c21-15-9-5-4-8-14(15)16-10-11-18(26)24(23-16)12-17(25)22-19(20(27)28)13-6-2-1-3-7-13/h1-11,19H,12H2,(H,22,25)(H,27,28). The van der Waals surface area contributed by atoms with E-state index in [1.165, 1.54) is 12.1 Å². The Morgan fingerprint density at radius 2 is 1.71 bits per heavy atom. The largest absolute Gasteiger partial charge is 0.479 e. The van der Waals surface area contributed by atoms with Crippen molar-refractivity contribution in [1.29, 1.82) is 0 Å². The number of carbonyl (C=O) groups excluding carboxylic acids is 1. The van der Waals surface area contributed by atoms with Gasteiger partial charge in [0.2, 0.25) is 5.91 Å². The van der Waals surface area contributed by atoms with E-state index in [4.69, 9.17) is 11.6 Å². The van der Waals surface area contributed by atoms with E-state index in [9.17, 15) is 19.5 Å². The monoisotopic (exact) mass is 397 g/mol. The molecule has 1 heterocycles. The minimum absolute atomic E-state index is 0.423. The lowest BCUT2D eigenvalue weighted by Crippen LogP contribution is -2.38. The number of nitrogens with zero attached hydrogens (tertiary/aromatic N) is 2. The fourth-order valence-electron chi connectivity index (χ4n) is 2.65. The number of hydrogen-bond donors (Lipinski definition) is 2. The van der Waals surface area contributed by atoms with Gasteiger partial charge in [-0.05, 0) is 17.7 Å². The molecule has 0 radical (unpaired) electrons. The van der Waals surface area contributed by atoms with E-state index in [1.807, 2.05) is 0 Å². The van der Waals surface area contributed by atoms with Crippen molar-refractivity contribution in [2.24, 2.45) is 0 Å². The number of halogens is 1. The molecule has 2 aromatic carbocycles. The summed E-state index contributed by atoms with van der Waals surface area (Å²) >= 11 is 6.16. The normalized spacial score (nSPS) is 11.6. The maximum atomic E-state index is 12.4. The quantitative estimate of drug-likeness (QED) is 0.665. The average Bonchev–Trinajstić information content (AvgIpc) is 2.69. The number of nitrogens with one attached hydrogen (secondary N) is 1. The van der Waals surface area contributed by atoms with Crippen LogP contribution in [0.5, 0.6) is 0 Å². The number of rotatable bonds is 6. The molecule has 1 aromatic heterocycles. The van der Waals surface area contributed by atoms with Crippen LogP contribution in [-0.4, -0.2) is 26.8 Å². The first-order chi connectivity index (χ1) is 13.5. The molecule has 3 aromatic rings. The second-order valence-electron chi connectivity index (χ2n) is 5.94. The second-order valence-corrected chi connectivity index (χ2v) is 6.35. The van der Waals surface area contributed by atoms with Gasteiger partial charge in [0.05, 0.1) is 10.7 Å². The number of carboxylic acid groups (broad SMARTS) is 1. The molecular weight excluding hydrogens is 382 g/mol. The molecule has 28 heavy (non-hydrogen) atoms. The number of benzene rings is 2. The van der Waals surface area contributed by atoms with Gasteiger partial charge in [-0.15, -0.1) is 0 Å². The highest BCUT2D eigenvalue weighted by molar-refractivity contribution is 6.33. The zero-order valence-electron chi connectivity index (χ0n) is 14.6. The van der Waals surface area contributed by atoms with E-state index in [2.05, 4.69) is 10.4 Å². The summed E-state index contributed by atoms with van der Waals surface area (Å²) in [7, 11) is 0. The van der Waals surface area contributed by atoms with E-state index >= 15 is 0 Å². The molecule has 7 nitrogen and oxygen atoms in total. The maximum Gasteiger partial charge on any atom is 0.330 e. The minimum Gasteiger partial charge on any atom is -0.479 e. The van der Waals surface area contributed by atoms with E-state index in [0.717, 1.165) is 4.68 Å². The Morgan fingerprint density at radius 3 is 2.39 bits per heavy atom. The summed E-state index contributed by atoms with van der Waals surface area (Å²) in [6.45, 7) is -0.423. The van der Waals surface area contributed by atoms with Crippen molar-refractivity contribution in [3.8, 4) is 11.3 Å². The van der Waals surface area contributed by atoms with Gasteiger partial charge in [0.1, 0.15) is 6.54 Å². The molecule has 0 bridgehead atoms. The number of aromatic nitrogens is 2. The molecule has 1 atom stereocenters. The fraction of sp³-hybridized carbons (Fsp3) is 0.100. The van der Waals surface area contributed by atoms with Crippen molar-refractivity contribution in [2.75, 3.05) is 0 Å². The first-order valence-corrected chi connectivity index (χ1v) is 8.73. The van der Waals surface area contributed by atoms with Crippen LogP contribution < -0.4 is 10.9 Å². The van der Waals surface area contributed by atoms with Crippen LogP contribution in [0.25, 0.3) is 11.3 Å². The fourth-order valence-corrected chi connectivity index (χ4v) is 2.88. The summed E-state index contributed by atoms with van der Waals surface area (Å²) in [5.41, 5.74) is 0.980. The van der Waals surface area contributed by atoms with Gasteiger partial charge in [0, 0.05) is 11.6 Å². The molecule has 0 saturated carbocycles. The molecule has 1 unspecified atom stereocenters. The zero-order valence-corrected chi connectivity index (χ0v) is 15.3. The molecule has 0 spiro atoms. The van der Waals surface area contributed by atoms with Gasteiger partial charge in [-0.1, -0.05) is 60.1 Å². The first-order valence-electron chi connectivity index (χ1n) is 8.36. The Kier molecular flexibility index (Phi) is 5.86. The van der Waals surface area contributed by atoms with Crippen molar-refractivity contribution in [3.63, 3.8) is 0 Å². The van der Waals surface area contributed by atoms with Gasteiger partial charge in [0.25, 0.3) is 5.56 Å². The van der Waals surface area contributed by atoms with Gasteiger partial charge in [-0.2, -0.15) is 5.10 Å². The highest BCUT2D eigenvalue weighted by Crippen LogP contribution is 2.24. The molecule has 2 N–H and O–H groups in total. The summed E-state index contributed by atoms with van der Waals surface area (Å²) in [4.78, 5) is 36.0. The van der Waals surface area contributed by atoms with Crippen LogP contribution in [-0.2, 0) is 16.1 Å². The van der Waals surface area contributed by atoms with Crippen LogP contribution in [0, 0.1) is 0 Å². The number of hydrogen-bond acceptors (Lipinski definition) is 4. The lowest BCUT2D eigenvalue weighted by atomic mass is 10.1. The van der Waals surface area contributed by atoms with Crippen LogP contribution in [0.15, 0.2) is 71.5 Å². The van der Waals surface area contributed by atoms with Gasteiger partial charge in [0.15, 0.2) is 6.04 Å². The Labute approximate surface area is 165 Å². The predicted molar refractivity (Wildman–Crippen MR) is 104 cm³/mol. The van der Waals surface area contributed by atoms with Crippen molar-refractivity contribution >= 4 is 23.5 Å². The highest BCUT2D eigenvalue weighted by Gasteiger charge is 2.22. The molecule has 0 saturated heterocycles. The summed E-state index contributed by atoms with van der Waals surface area (Å²) in [6.07, 6.45) is 0. The minimum atomic E-state index is -1.23. The van der Waals surface area contributed by atoms with Crippen molar-refractivity contribution < 1.29 is 14.7 Å². The lowest BCUT2D eigenvalue weighted by molar-refractivity contribution is -0.142. The zero-order chi connectivity index (χ0) is 20.1. The van der Waals surface area contributed by atoms with Crippen LogP contribution >= 0.6 is 11.6 Å². The molecule has 0 aliphatic heterocycles. The Balaban J connectivity index is 1.82.